The maximum Gasteiger partial charge on any atom is 0.0534 e. The number of hydrogen-bond donors (Lipinski definition) is 2. The fraction of sp³-hybridized carbons (Fsp3) is 0.769. The predicted octanol–water partition coefficient (Wildman–Crippen LogP) is 3.03. The van der Waals surface area contributed by atoms with Gasteiger partial charge in [-0.3, -0.25) is 5.10 Å². The Labute approximate surface area is 98.0 Å². The van der Waals surface area contributed by atoms with Gasteiger partial charge in [-0.2, -0.15) is 5.10 Å². The van der Waals surface area contributed by atoms with Crippen LogP contribution >= 0.6 is 0 Å². The highest BCUT2D eigenvalue weighted by Gasteiger charge is 2.22. The summed E-state index contributed by atoms with van der Waals surface area (Å²) in [6, 6.07) is 1.11. The molecule has 1 aromatic rings. The van der Waals surface area contributed by atoms with Crippen molar-refractivity contribution in [3.8, 4) is 0 Å². The van der Waals surface area contributed by atoms with Crippen molar-refractivity contribution >= 4 is 0 Å². The smallest absolute Gasteiger partial charge is 0.0534 e. The van der Waals surface area contributed by atoms with E-state index in [4.69, 9.17) is 0 Å². The van der Waals surface area contributed by atoms with E-state index in [1.807, 2.05) is 12.4 Å². The molecular formula is C13H23N3. The van der Waals surface area contributed by atoms with E-state index in [0.717, 1.165) is 5.92 Å². The van der Waals surface area contributed by atoms with Crippen molar-refractivity contribution in [3.05, 3.63) is 18.0 Å². The second-order valence-corrected chi connectivity index (χ2v) is 5.06. The highest BCUT2D eigenvalue weighted by Crippen LogP contribution is 2.27. The van der Waals surface area contributed by atoms with Crippen molar-refractivity contribution < 1.29 is 0 Å². The molecule has 2 rings (SSSR count). The number of aromatic amines is 1. The molecular weight excluding hydrogens is 198 g/mol. The van der Waals surface area contributed by atoms with Crippen LogP contribution in [-0.2, 0) is 0 Å². The van der Waals surface area contributed by atoms with E-state index >= 15 is 0 Å². The lowest BCUT2D eigenvalue weighted by Gasteiger charge is -2.31. The van der Waals surface area contributed by atoms with Crippen LogP contribution in [0.1, 0.15) is 57.6 Å². The molecule has 0 spiro atoms. The van der Waals surface area contributed by atoms with Gasteiger partial charge in [-0.15, -0.1) is 0 Å². The van der Waals surface area contributed by atoms with Gasteiger partial charge in [0.05, 0.1) is 6.20 Å². The van der Waals surface area contributed by atoms with E-state index in [2.05, 4.69) is 29.4 Å². The largest absolute Gasteiger partial charge is 0.307 e. The van der Waals surface area contributed by atoms with Crippen LogP contribution in [0.25, 0.3) is 0 Å². The van der Waals surface area contributed by atoms with Gasteiger partial charge in [-0.25, -0.2) is 0 Å². The molecule has 3 atom stereocenters. The van der Waals surface area contributed by atoms with E-state index in [1.54, 1.807) is 0 Å². The summed E-state index contributed by atoms with van der Waals surface area (Å²) in [5.41, 5.74) is 1.26. The molecule has 0 bridgehead atoms. The molecule has 1 aromatic heterocycles. The standard InChI is InChI=1S/C13H23N3/c1-3-11-5-4-6-13(7-11)16-10(2)12-8-14-15-9-12/h8-11,13,16H,3-7H2,1-2H3,(H,14,15). The predicted molar refractivity (Wildman–Crippen MR) is 66.2 cm³/mol. The van der Waals surface area contributed by atoms with Gasteiger partial charge in [0.2, 0.25) is 0 Å². The van der Waals surface area contributed by atoms with Gasteiger partial charge >= 0.3 is 0 Å². The Bertz CT molecular complexity index is 294. The minimum Gasteiger partial charge on any atom is -0.307 e. The van der Waals surface area contributed by atoms with Crippen molar-refractivity contribution in [2.45, 2.75) is 58.0 Å². The molecule has 1 aliphatic carbocycles. The first-order valence-corrected chi connectivity index (χ1v) is 6.54. The van der Waals surface area contributed by atoms with Gasteiger partial charge in [0.15, 0.2) is 0 Å². The Hall–Kier alpha value is -0.830. The zero-order valence-electron chi connectivity index (χ0n) is 10.4. The van der Waals surface area contributed by atoms with Crippen LogP contribution < -0.4 is 5.32 Å². The van der Waals surface area contributed by atoms with Crippen LogP contribution in [-0.4, -0.2) is 16.2 Å². The molecule has 3 heteroatoms. The van der Waals surface area contributed by atoms with E-state index in [9.17, 15) is 0 Å². The van der Waals surface area contributed by atoms with Crippen molar-refractivity contribution in [1.82, 2.24) is 15.5 Å². The second kappa shape index (κ2) is 5.48. The highest BCUT2D eigenvalue weighted by atomic mass is 15.1. The summed E-state index contributed by atoms with van der Waals surface area (Å²) in [4.78, 5) is 0. The number of aromatic nitrogens is 2. The maximum atomic E-state index is 4.00. The molecule has 1 fully saturated rings. The Balaban J connectivity index is 1.84. The fourth-order valence-corrected chi connectivity index (χ4v) is 2.76. The van der Waals surface area contributed by atoms with E-state index in [-0.39, 0.29) is 0 Å². The van der Waals surface area contributed by atoms with E-state index < -0.39 is 0 Å². The first-order chi connectivity index (χ1) is 7.79. The summed E-state index contributed by atoms with van der Waals surface area (Å²) >= 11 is 0. The third-order valence-corrected chi connectivity index (χ3v) is 3.87. The van der Waals surface area contributed by atoms with E-state index in [1.165, 1.54) is 37.7 Å². The normalized spacial score (nSPS) is 27.9. The molecule has 0 aliphatic heterocycles. The zero-order valence-corrected chi connectivity index (χ0v) is 10.4. The third kappa shape index (κ3) is 2.85. The van der Waals surface area contributed by atoms with E-state index in [0.29, 0.717) is 12.1 Å². The van der Waals surface area contributed by atoms with Crippen LogP contribution in [0, 0.1) is 5.92 Å². The Morgan fingerprint density at radius 1 is 1.56 bits per heavy atom. The Kier molecular flexibility index (Phi) is 3.99. The monoisotopic (exact) mass is 221 g/mol. The summed E-state index contributed by atoms with van der Waals surface area (Å²) in [5.74, 6) is 0.933. The topological polar surface area (TPSA) is 40.7 Å². The number of nitrogens with one attached hydrogen (secondary N) is 2. The third-order valence-electron chi connectivity index (χ3n) is 3.87. The van der Waals surface area contributed by atoms with Crippen molar-refractivity contribution in [3.63, 3.8) is 0 Å². The molecule has 0 radical (unpaired) electrons. The fourth-order valence-electron chi connectivity index (χ4n) is 2.76. The molecule has 90 valence electrons. The summed E-state index contributed by atoms with van der Waals surface area (Å²) in [6.07, 6.45) is 10.7. The number of nitrogens with zero attached hydrogens (tertiary/aromatic N) is 1. The van der Waals surface area contributed by atoms with Crippen LogP contribution in [0.15, 0.2) is 12.4 Å². The molecule has 2 N–H and O–H groups in total. The molecule has 1 heterocycles. The molecule has 1 aliphatic rings. The lowest BCUT2D eigenvalue weighted by Crippen LogP contribution is -2.35. The second-order valence-electron chi connectivity index (χ2n) is 5.06. The molecule has 3 nitrogen and oxygen atoms in total. The van der Waals surface area contributed by atoms with Crippen molar-refractivity contribution in [2.75, 3.05) is 0 Å². The molecule has 0 aromatic carbocycles. The Morgan fingerprint density at radius 2 is 2.44 bits per heavy atom. The lowest BCUT2D eigenvalue weighted by molar-refractivity contribution is 0.266. The van der Waals surface area contributed by atoms with Gasteiger partial charge in [0, 0.05) is 23.8 Å². The number of hydrogen-bond acceptors (Lipinski definition) is 2. The summed E-state index contributed by atoms with van der Waals surface area (Å²) in [6.45, 7) is 4.53. The quantitative estimate of drug-likeness (QED) is 0.820. The van der Waals surface area contributed by atoms with Crippen molar-refractivity contribution in [1.29, 1.82) is 0 Å². The lowest BCUT2D eigenvalue weighted by atomic mass is 9.84. The first-order valence-electron chi connectivity index (χ1n) is 6.54. The average Bonchev–Trinajstić information content (AvgIpc) is 2.83. The molecule has 0 amide bonds. The maximum absolute atomic E-state index is 4.00. The van der Waals surface area contributed by atoms with Gasteiger partial charge in [-0.05, 0) is 25.7 Å². The summed E-state index contributed by atoms with van der Waals surface area (Å²) in [7, 11) is 0. The van der Waals surface area contributed by atoms with Crippen LogP contribution in [0.2, 0.25) is 0 Å². The van der Waals surface area contributed by atoms with Crippen LogP contribution in [0.3, 0.4) is 0 Å². The summed E-state index contributed by atoms with van der Waals surface area (Å²) in [5, 5.41) is 10.6. The van der Waals surface area contributed by atoms with Gasteiger partial charge in [0.1, 0.15) is 0 Å². The highest BCUT2D eigenvalue weighted by molar-refractivity contribution is 5.08. The van der Waals surface area contributed by atoms with Crippen LogP contribution in [0.5, 0.6) is 0 Å². The molecule has 0 saturated heterocycles. The number of rotatable bonds is 4. The summed E-state index contributed by atoms with van der Waals surface area (Å²) < 4.78 is 0. The minimum absolute atomic E-state index is 0.416. The first kappa shape index (κ1) is 11.6. The van der Waals surface area contributed by atoms with Gasteiger partial charge in [0.25, 0.3) is 0 Å². The number of H-pyrrole nitrogens is 1. The minimum atomic E-state index is 0.416. The van der Waals surface area contributed by atoms with Gasteiger partial charge < -0.3 is 5.32 Å². The average molecular weight is 221 g/mol. The Morgan fingerprint density at radius 3 is 3.12 bits per heavy atom. The SMILES string of the molecule is CCC1CCCC(NC(C)c2cn[nH]c2)C1. The molecule has 1 saturated carbocycles. The molecule has 16 heavy (non-hydrogen) atoms. The van der Waals surface area contributed by atoms with Crippen molar-refractivity contribution in [2.24, 2.45) is 5.92 Å². The van der Waals surface area contributed by atoms with Gasteiger partial charge in [-0.1, -0.05) is 26.2 Å². The molecule has 3 unspecified atom stereocenters. The van der Waals surface area contributed by atoms with Crippen LogP contribution in [0.4, 0.5) is 0 Å². The zero-order chi connectivity index (χ0) is 11.4.